The molecule has 3 N–H and O–H groups in total. The van der Waals surface area contributed by atoms with Gasteiger partial charge in [0.25, 0.3) is 11.5 Å². The van der Waals surface area contributed by atoms with Crippen LogP contribution in [0.5, 0.6) is 0 Å². The molecule has 10 heteroatoms. The number of nitrogens with zero attached hydrogens (tertiary/aromatic N) is 4. The van der Waals surface area contributed by atoms with E-state index in [1.165, 1.54) is 0 Å². The topological polar surface area (TPSA) is 131 Å². The number of carbonyl (C=O) groups excluding carboxylic acids is 1. The van der Waals surface area contributed by atoms with Crippen LogP contribution in [0.15, 0.2) is 41.3 Å². The van der Waals surface area contributed by atoms with E-state index in [0.717, 1.165) is 22.8 Å². The Kier molecular flexibility index (Phi) is 5.35. The van der Waals surface area contributed by atoms with Gasteiger partial charge in [0.05, 0.1) is 33.8 Å². The summed E-state index contributed by atoms with van der Waals surface area (Å²) in [5, 5.41) is 10.7. The van der Waals surface area contributed by atoms with E-state index in [0.29, 0.717) is 53.5 Å². The summed E-state index contributed by atoms with van der Waals surface area (Å²) in [6.45, 7) is 5.46. The van der Waals surface area contributed by atoms with E-state index in [1.54, 1.807) is 31.3 Å². The lowest BCUT2D eigenvalue weighted by molar-refractivity contribution is 0.102. The second kappa shape index (κ2) is 8.47. The fourth-order valence-electron chi connectivity index (χ4n) is 3.85. The molecule has 0 radical (unpaired) electrons. The van der Waals surface area contributed by atoms with Crippen molar-refractivity contribution in [1.29, 1.82) is 0 Å². The molecule has 10 nitrogen and oxygen atoms in total. The summed E-state index contributed by atoms with van der Waals surface area (Å²) < 4.78 is 7.43. The number of hydrogen-bond donors (Lipinski definition) is 3. The van der Waals surface area contributed by atoms with Crippen molar-refractivity contribution in [2.75, 3.05) is 18.5 Å². The fourth-order valence-corrected chi connectivity index (χ4v) is 3.85. The molecule has 5 aromatic rings. The Labute approximate surface area is 188 Å². The average Bonchev–Trinajstić information content (AvgIpc) is 3.40. The quantitative estimate of drug-likeness (QED) is 0.330. The number of carbonyl (C=O) groups is 1. The van der Waals surface area contributed by atoms with E-state index in [1.807, 2.05) is 23.6 Å². The Balaban J connectivity index is 1.55. The number of aromatic amines is 2. The maximum Gasteiger partial charge on any atom is 0.269 e. The van der Waals surface area contributed by atoms with E-state index in [4.69, 9.17) is 4.74 Å². The molecule has 0 aliphatic rings. The van der Waals surface area contributed by atoms with Crippen molar-refractivity contribution in [2.24, 2.45) is 0 Å². The van der Waals surface area contributed by atoms with Crippen molar-refractivity contribution in [1.82, 2.24) is 29.7 Å². The number of amides is 1. The second-order valence-corrected chi connectivity index (χ2v) is 7.77. The summed E-state index contributed by atoms with van der Waals surface area (Å²) in [5.74, 6) is 0.152. The van der Waals surface area contributed by atoms with Gasteiger partial charge in [0, 0.05) is 30.7 Å². The Morgan fingerprint density at radius 2 is 2.03 bits per heavy atom. The SMILES string of the molecule is CCOCCCn1c(NC(=O)c2ccc3[nH]ncc3c2)nc2cc3[nH]c(=O)c(C)nc3cc21. The first-order valence-electron chi connectivity index (χ1n) is 10.8. The van der Waals surface area contributed by atoms with Crippen LogP contribution in [0, 0.1) is 6.92 Å². The highest BCUT2D eigenvalue weighted by Crippen LogP contribution is 2.25. The highest BCUT2D eigenvalue weighted by atomic mass is 16.5. The van der Waals surface area contributed by atoms with Crippen LogP contribution in [0.3, 0.4) is 0 Å². The lowest BCUT2D eigenvalue weighted by atomic mass is 10.1. The molecule has 33 heavy (non-hydrogen) atoms. The predicted molar refractivity (Wildman–Crippen MR) is 126 cm³/mol. The number of H-pyrrole nitrogens is 2. The highest BCUT2D eigenvalue weighted by molar-refractivity contribution is 6.06. The van der Waals surface area contributed by atoms with Crippen LogP contribution in [-0.2, 0) is 11.3 Å². The molecule has 0 aliphatic carbocycles. The predicted octanol–water partition coefficient (Wildman–Crippen LogP) is 3.14. The molecule has 0 saturated heterocycles. The minimum atomic E-state index is -0.272. The molecule has 2 aromatic carbocycles. The zero-order valence-corrected chi connectivity index (χ0v) is 18.3. The van der Waals surface area contributed by atoms with Crippen LogP contribution >= 0.6 is 0 Å². The van der Waals surface area contributed by atoms with Crippen LogP contribution in [0.2, 0.25) is 0 Å². The normalized spacial score (nSPS) is 11.6. The Morgan fingerprint density at radius 1 is 1.15 bits per heavy atom. The number of fused-ring (bicyclic) bond motifs is 3. The van der Waals surface area contributed by atoms with Gasteiger partial charge in [-0.15, -0.1) is 0 Å². The number of aryl methyl sites for hydroxylation is 2. The first-order chi connectivity index (χ1) is 16.0. The number of imidazole rings is 1. The van der Waals surface area contributed by atoms with Crippen LogP contribution in [0.1, 0.15) is 29.4 Å². The minimum Gasteiger partial charge on any atom is -0.382 e. The van der Waals surface area contributed by atoms with Gasteiger partial charge in [-0.2, -0.15) is 5.10 Å². The summed E-state index contributed by atoms with van der Waals surface area (Å²) in [6.07, 6.45) is 2.43. The second-order valence-electron chi connectivity index (χ2n) is 7.77. The number of rotatable bonds is 7. The fraction of sp³-hybridized carbons (Fsp3) is 0.261. The third-order valence-corrected chi connectivity index (χ3v) is 5.53. The number of aromatic nitrogens is 6. The zero-order valence-electron chi connectivity index (χ0n) is 18.3. The molecular weight excluding hydrogens is 422 g/mol. The Bertz CT molecular complexity index is 1550. The smallest absolute Gasteiger partial charge is 0.269 e. The summed E-state index contributed by atoms with van der Waals surface area (Å²) >= 11 is 0. The number of hydrogen-bond acceptors (Lipinski definition) is 6. The van der Waals surface area contributed by atoms with Crippen LogP contribution < -0.4 is 10.9 Å². The molecule has 0 fully saturated rings. The molecule has 168 valence electrons. The van der Waals surface area contributed by atoms with E-state index in [-0.39, 0.29) is 11.5 Å². The van der Waals surface area contributed by atoms with Gasteiger partial charge in [-0.1, -0.05) is 0 Å². The van der Waals surface area contributed by atoms with Crippen LogP contribution in [-0.4, -0.2) is 48.8 Å². The van der Waals surface area contributed by atoms with Crippen LogP contribution in [0.25, 0.3) is 33.0 Å². The molecule has 0 atom stereocenters. The van der Waals surface area contributed by atoms with Gasteiger partial charge in [0.2, 0.25) is 5.95 Å². The largest absolute Gasteiger partial charge is 0.382 e. The molecule has 0 spiro atoms. The van der Waals surface area contributed by atoms with Crippen molar-refractivity contribution in [2.45, 2.75) is 26.8 Å². The molecule has 0 bridgehead atoms. The van der Waals surface area contributed by atoms with E-state index in [2.05, 4.69) is 30.5 Å². The lowest BCUT2D eigenvalue weighted by Gasteiger charge is -2.11. The maximum absolute atomic E-state index is 13.0. The summed E-state index contributed by atoms with van der Waals surface area (Å²) in [4.78, 5) is 36.9. The van der Waals surface area contributed by atoms with Gasteiger partial charge < -0.3 is 14.3 Å². The van der Waals surface area contributed by atoms with Crippen molar-refractivity contribution in [3.63, 3.8) is 0 Å². The zero-order chi connectivity index (χ0) is 22.9. The number of anilines is 1. The molecule has 3 heterocycles. The molecule has 1 amide bonds. The monoisotopic (exact) mass is 445 g/mol. The van der Waals surface area contributed by atoms with Gasteiger partial charge in [-0.05, 0) is 50.6 Å². The maximum atomic E-state index is 13.0. The van der Waals surface area contributed by atoms with E-state index < -0.39 is 0 Å². The Morgan fingerprint density at radius 3 is 2.88 bits per heavy atom. The van der Waals surface area contributed by atoms with Crippen molar-refractivity contribution < 1.29 is 9.53 Å². The first kappa shape index (κ1) is 20.8. The molecule has 3 aromatic heterocycles. The standard InChI is InChI=1S/C23H23N7O3/c1-3-33-8-4-7-30-20-11-18-17(26-21(31)13(2)25-18)10-19(20)27-23(30)28-22(32)14-5-6-16-15(9-14)12-24-29-16/h5-6,9-12H,3-4,7-8H2,1-2H3,(H,24,29)(H,26,31)(H,27,28,32). The lowest BCUT2D eigenvalue weighted by Crippen LogP contribution is -2.16. The van der Waals surface area contributed by atoms with Gasteiger partial charge >= 0.3 is 0 Å². The summed E-state index contributed by atoms with van der Waals surface area (Å²) in [6, 6.07) is 9.00. The Hall–Kier alpha value is -4.05. The molecule has 5 rings (SSSR count). The van der Waals surface area contributed by atoms with E-state index in [9.17, 15) is 9.59 Å². The number of nitrogens with one attached hydrogen (secondary N) is 3. The van der Waals surface area contributed by atoms with Crippen molar-refractivity contribution in [3.05, 3.63) is 58.1 Å². The van der Waals surface area contributed by atoms with Gasteiger partial charge in [0.1, 0.15) is 5.69 Å². The van der Waals surface area contributed by atoms with E-state index >= 15 is 0 Å². The van der Waals surface area contributed by atoms with Gasteiger partial charge in [-0.3, -0.25) is 20.0 Å². The summed E-state index contributed by atoms with van der Waals surface area (Å²) in [7, 11) is 0. The van der Waals surface area contributed by atoms with Gasteiger partial charge in [-0.25, -0.2) is 9.97 Å². The van der Waals surface area contributed by atoms with Gasteiger partial charge in [0.15, 0.2) is 0 Å². The van der Waals surface area contributed by atoms with Crippen molar-refractivity contribution >= 4 is 44.8 Å². The number of benzene rings is 2. The average molecular weight is 445 g/mol. The van der Waals surface area contributed by atoms with Crippen molar-refractivity contribution in [3.8, 4) is 0 Å². The molecular formula is C23H23N7O3. The third kappa shape index (κ3) is 3.96. The highest BCUT2D eigenvalue weighted by Gasteiger charge is 2.17. The molecule has 0 unspecified atom stereocenters. The molecule has 0 aliphatic heterocycles. The third-order valence-electron chi connectivity index (χ3n) is 5.53. The minimum absolute atomic E-state index is 0.235. The summed E-state index contributed by atoms with van der Waals surface area (Å²) in [5.41, 5.74) is 4.25. The number of ether oxygens (including phenoxy) is 1. The van der Waals surface area contributed by atoms with Crippen LogP contribution in [0.4, 0.5) is 5.95 Å². The first-order valence-corrected chi connectivity index (χ1v) is 10.8. The molecule has 0 saturated carbocycles.